The molecule has 0 aromatic heterocycles. The molecule has 2 rings (SSSR count). The van der Waals surface area contributed by atoms with Gasteiger partial charge in [0.05, 0.1) is 6.10 Å². The summed E-state index contributed by atoms with van der Waals surface area (Å²) in [4.78, 5) is 2.27. The smallest absolute Gasteiger partial charge is 0.181 e. The third kappa shape index (κ3) is 5.01. The van der Waals surface area contributed by atoms with Crippen LogP contribution in [-0.2, 0) is 6.54 Å². The predicted molar refractivity (Wildman–Crippen MR) is 86.4 cm³/mol. The molecule has 0 spiro atoms. The first kappa shape index (κ1) is 16.8. The number of aliphatic hydroxyl groups excluding tert-OH is 1. The molecule has 0 amide bonds. The van der Waals surface area contributed by atoms with E-state index in [1.165, 1.54) is 12.0 Å². The number of hydrogen-bond acceptors (Lipinski definition) is 4. The first-order valence-electron chi connectivity index (χ1n) is 8.10. The molecular formula is C18H26N2O2. The minimum Gasteiger partial charge on any atom is -0.476 e. The fourth-order valence-corrected chi connectivity index (χ4v) is 3.08. The summed E-state index contributed by atoms with van der Waals surface area (Å²) in [7, 11) is 2.10. The predicted octanol–water partition coefficient (Wildman–Crippen LogP) is 2.96. The highest BCUT2D eigenvalue weighted by atomic mass is 16.5. The van der Waals surface area contributed by atoms with Crippen LogP contribution in [0.1, 0.15) is 38.2 Å². The molecule has 0 heterocycles. The Balaban J connectivity index is 1.83. The van der Waals surface area contributed by atoms with Gasteiger partial charge >= 0.3 is 0 Å². The van der Waals surface area contributed by atoms with Gasteiger partial charge in [-0.05, 0) is 50.4 Å². The molecule has 1 aliphatic carbocycles. The van der Waals surface area contributed by atoms with Crippen LogP contribution in [0.3, 0.4) is 0 Å². The van der Waals surface area contributed by atoms with Gasteiger partial charge in [0.15, 0.2) is 6.10 Å². The summed E-state index contributed by atoms with van der Waals surface area (Å²) in [6.45, 7) is 3.53. The van der Waals surface area contributed by atoms with Crippen molar-refractivity contribution in [3.63, 3.8) is 0 Å². The van der Waals surface area contributed by atoms with E-state index in [2.05, 4.69) is 18.0 Å². The quantitative estimate of drug-likeness (QED) is 0.878. The zero-order valence-electron chi connectivity index (χ0n) is 13.5. The third-order valence-electron chi connectivity index (χ3n) is 4.29. The van der Waals surface area contributed by atoms with Crippen LogP contribution < -0.4 is 4.74 Å². The van der Waals surface area contributed by atoms with E-state index in [0.29, 0.717) is 5.92 Å². The molecule has 1 aromatic carbocycles. The molecular weight excluding hydrogens is 276 g/mol. The van der Waals surface area contributed by atoms with E-state index in [0.717, 1.165) is 38.1 Å². The molecule has 0 aliphatic heterocycles. The SMILES string of the molecule is CC(C#N)Oc1ccc(CN(C)CC2CCCCC2O)cc1. The lowest BCUT2D eigenvalue weighted by molar-refractivity contribution is 0.0502. The Labute approximate surface area is 133 Å². The molecule has 1 N–H and O–H groups in total. The average Bonchev–Trinajstić information content (AvgIpc) is 2.51. The van der Waals surface area contributed by atoms with Crippen LogP contribution in [-0.4, -0.2) is 35.8 Å². The zero-order chi connectivity index (χ0) is 15.9. The molecule has 0 bridgehead atoms. The molecule has 3 unspecified atom stereocenters. The molecule has 1 aliphatic rings. The molecule has 1 fully saturated rings. The average molecular weight is 302 g/mol. The summed E-state index contributed by atoms with van der Waals surface area (Å²) in [6.07, 6.45) is 3.90. The third-order valence-corrected chi connectivity index (χ3v) is 4.29. The number of ether oxygens (including phenoxy) is 1. The minimum atomic E-state index is -0.429. The summed E-state index contributed by atoms with van der Waals surface area (Å²) >= 11 is 0. The molecule has 0 radical (unpaired) electrons. The van der Waals surface area contributed by atoms with Gasteiger partial charge in [0, 0.05) is 13.1 Å². The van der Waals surface area contributed by atoms with Crippen LogP contribution in [0.4, 0.5) is 0 Å². The zero-order valence-corrected chi connectivity index (χ0v) is 13.5. The second kappa shape index (κ2) is 8.17. The van der Waals surface area contributed by atoms with Crippen molar-refractivity contribution in [2.24, 2.45) is 5.92 Å². The Hall–Kier alpha value is -1.57. The van der Waals surface area contributed by atoms with Crippen molar-refractivity contribution >= 4 is 0 Å². The highest BCUT2D eigenvalue weighted by Gasteiger charge is 2.23. The van der Waals surface area contributed by atoms with E-state index < -0.39 is 6.10 Å². The second-order valence-electron chi connectivity index (χ2n) is 6.34. The first-order chi connectivity index (χ1) is 10.6. The maximum atomic E-state index is 10.1. The van der Waals surface area contributed by atoms with Gasteiger partial charge < -0.3 is 14.7 Å². The van der Waals surface area contributed by atoms with Gasteiger partial charge in [-0.2, -0.15) is 5.26 Å². The van der Waals surface area contributed by atoms with Crippen molar-refractivity contribution in [1.29, 1.82) is 5.26 Å². The molecule has 4 nitrogen and oxygen atoms in total. The van der Waals surface area contributed by atoms with Crippen LogP contribution in [0.2, 0.25) is 0 Å². The van der Waals surface area contributed by atoms with Crippen molar-refractivity contribution in [2.45, 2.75) is 51.4 Å². The van der Waals surface area contributed by atoms with Crippen molar-refractivity contribution in [3.05, 3.63) is 29.8 Å². The number of rotatable bonds is 6. The molecule has 120 valence electrons. The van der Waals surface area contributed by atoms with Gasteiger partial charge in [-0.25, -0.2) is 0 Å². The summed E-state index contributed by atoms with van der Waals surface area (Å²) in [5.41, 5.74) is 1.21. The Morgan fingerprint density at radius 2 is 2.00 bits per heavy atom. The molecule has 1 aromatic rings. The second-order valence-corrected chi connectivity index (χ2v) is 6.34. The minimum absolute atomic E-state index is 0.139. The van der Waals surface area contributed by atoms with E-state index in [1.807, 2.05) is 24.3 Å². The van der Waals surface area contributed by atoms with Gasteiger partial charge in [0.2, 0.25) is 0 Å². The van der Waals surface area contributed by atoms with Crippen LogP contribution in [0.15, 0.2) is 24.3 Å². The molecule has 0 saturated heterocycles. The van der Waals surface area contributed by atoms with Crippen LogP contribution in [0.5, 0.6) is 5.75 Å². The van der Waals surface area contributed by atoms with Crippen molar-refractivity contribution < 1.29 is 9.84 Å². The fraction of sp³-hybridized carbons (Fsp3) is 0.611. The lowest BCUT2D eigenvalue weighted by Gasteiger charge is -2.31. The van der Waals surface area contributed by atoms with E-state index in [-0.39, 0.29) is 6.10 Å². The summed E-state index contributed by atoms with van der Waals surface area (Å²) in [5.74, 6) is 1.13. The maximum Gasteiger partial charge on any atom is 0.181 e. The largest absolute Gasteiger partial charge is 0.476 e. The Bertz CT molecular complexity index is 495. The molecule has 3 atom stereocenters. The van der Waals surface area contributed by atoms with Crippen molar-refractivity contribution in [3.8, 4) is 11.8 Å². The Kier molecular flexibility index (Phi) is 6.23. The van der Waals surface area contributed by atoms with Gasteiger partial charge in [-0.15, -0.1) is 0 Å². The summed E-state index contributed by atoms with van der Waals surface area (Å²) in [5, 5.41) is 18.8. The normalized spacial score (nSPS) is 23.0. The standard InChI is InChI=1S/C18H26N2O2/c1-14(11-19)22-17-9-7-15(8-10-17)12-20(2)13-16-5-3-4-6-18(16)21/h7-10,14,16,18,21H,3-6,12-13H2,1-2H3. The number of hydrogen-bond donors (Lipinski definition) is 1. The molecule has 1 saturated carbocycles. The lowest BCUT2D eigenvalue weighted by Crippen LogP contribution is -2.34. The monoisotopic (exact) mass is 302 g/mol. The highest BCUT2D eigenvalue weighted by Crippen LogP contribution is 2.25. The van der Waals surface area contributed by atoms with Crippen molar-refractivity contribution in [2.75, 3.05) is 13.6 Å². The Morgan fingerprint density at radius 3 is 2.64 bits per heavy atom. The Morgan fingerprint density at radius 1 is 1.32 bits per heavy atom. The van der Waals surface area contributed by atoms with Crippen LogP contribution in [0, 0.1) is 17.2 Å². The topological polar surface area (TPSA) is 56.5 Å². The first-order valence-corrected chi connectivity index (χ1v) is 8.10. The number of benzene rings is 1. The van der Waals surface area contributed by atoms with E-state index in [4.69, 9.17) is 10.00 Å². The number of nitrogens with zero attached hydrogens (tertiary/aromatic N) is 2. The number of aliphatic hydroxyl groups is 1. The number of nitriles is 1. The summed E-state index contributed by atoms with van der Waals surface area (Å²) in [6, 6.07) is 9.94. The van der Waals surface area contributed by atoms with Gasteiger partial charge in [0.25, 0.3) is 0 Å². The van der Waals surface area contributed by atoms with Gasteiger partial charge in [-0.3, -0.25) is 0 Å². The van der Waals surface area contributed by atoms with Crippen LogP contribution >= 0.6 is 0 Å². The highest BCUT2D eigenvalue weighted by molar-refractivity contribution is 5.27. The van der Waals surface area contributed by atoms with Crippen LogP contribution in [0.25, 0.3) is 0 Å². The van der Waals surface area contributed by atoms with Gasteiger partial charge in [0.1, 0.15) is 11.8 Å². The maximum absolute atomic E-state index is 10.1. The van der Waals surface area contributed by atoms with Crippen molar-refractivity contribution in [1.82, 2.24) is 4.90 Å². The van der Waals surface area contributed by atoms with E-state index in [1.54, 1.807) is 6.92 Å². The summed E-state index contributed by atoms with van der Waals surface area (Å²) < 4.78 is 5.45. The van der Waals surface area contributed by atoms with E-state index in [9.17, 15) is 5.11 Å². The van der Waals surface area contributed by atoms with E-state index >= 15 is 0 Å². The molecule has 22 heavy (non-hydrogen) atoms. The fourth-order valence-electron chi connectivity index (χ4n) is 3.08. The molecule has 4 heteroatoms. The van der Waals surface area contributed by atoms with Gasteiger partial charge in [-0.1, -0.05) is 25.0 Å². The lowest BCUT2D eigenvalue weighted by atomic mass is 9.86.